The average molecular weight is 244 g/mol. The number of nitrogens with zero attached hydrogens (tertiary/aromatic N) is 3. The molecule has 0 aliphatic rings. The summed E-state index contributed by atoms with van der Waals surface area (Å²) >= 11 is 4.84. The summed E-state index contributed by atoms with van der Waals surface area (Å²) in [4.78, 5) is 4.37. The summed E-state index contributed by atoms with van der Waals surface area (Å²) in [5.41, 5.74) is 2.82. The van der Waals surface area contributed by atoms with Crippen LogP contribution in [0.5, 0.6) is 0 Å². The second kappa shape index (κ2) is 4.72. The molecular formula is C7H8N4S3. The van der Waals surface area contributed by atoms with Gasteiger partial charge in [-0.25, -0.2) is 4.98 Å². The fourth-order valence-corrected chi connectivity index (χ4v) is 3.01. The van der Waals surface area contributed by atoms with E-state index in [4.69, 9.17) is 0 Å². The first kappa shape index (κ1) is 9.88. The summed E-state index contributed by atoms with van der Waals surface area (Å²) in [6.45, 7) is 0. The fraction of sp³-hybridized carbons (Fsp3) is 0.286. The molecule has 0 spiro atoms. The fourth-order valence-electron chi connectivity index (χ4n) is 0.850. The van der Waals surface area contributed by atoms with Crippen LogP contribution in [-0.4, -0.2) is 22.2 Å². The van der Waals surface area contributed by atoms with E-state index in [-0.39, 0.29) is 0 Å². The molecule has 7 heteroatoms. The number of hydrogen-bond acceptors (Lipinski definition) is 7. The molecule has 0 radical (unpaired) electrons. The molecule has 1 N–H and O–H groups in total. The third-order valence-corrected chi connectivity index (χ3v) is 4.25. The SMILES string of the molecule is CNc1nc(CSc2nncs2)cs1. The van der Waals surface area contributed by atoms with E-state index in [1.807, 2.05) is 7.05 Å². The van der Waals surface area contributed by atoms with Crippen LogP contribution >= 0.6 is 34.4 Å². The number of anilines is 1. The van der Waals surface area contributed by atoms with Gasteiger partial charge in [-0.1, -0.05) is 23.1 Å². The van der Waals surface area contributed by atoms with Gasteiger partial charge in [0.2, 0.25) is 0 Å². The van der Waals surface area contributed by atoms with Crippen molar-refractivity contribution in [2.75, 3.05) is 12.4 Å². The maximum Gasteiger partial charge on any atom is 0.182 e. The standard InChI is InChI=1S/C7H8N4S3/c1-8-6-10-5(2-12-6)3-13-7-11-9-4-14-7/h2,4H,3H2,1H3,(H,8,10). The minimum Gasteiger partial charge on any atom is -0.365 e. The highest BCUT2D eigenvalue weighted by Crippen LogP contribution is 2.25. The van der Waals surface area contributed by atoms with E-state index in [0.29, 0.717) is 0 Å². The summed E-state index contributed by atoms with van der Waals surface area (Å²) in [6, 6.07) is 0. The normalized spacial score (nSPS) is 10.4. The van der Waals surface area contributed by atoms with E-state index >= 15 is 0 Å². The van der Waals surface area contributed by atoms with Gasteiger partial charge in [-0.2, -0.15) is 0 Å². The molecule has 2 aromatic heterocycles. The molecule has 4 nitrogen and oxygen atoms in total. The summed E-state index contributed by atoms with van der Waals surface area (Å²) in [6.07, 6.45) is 0. The lowest BCUT2D eigenvalue weighted by Gasteiger charge is -1.92. The van der Waals surface area contributed by atoms with E-state index in [1.54, 1.807) is 39.9 Å². The minimum atomic E-state index is 0.855. The lowest BCUT2D eigenvalue weighted by Crippen LogP contribution is -1.87. The molecule has 0 aliphatic carbocycles. The Balaban J connectivity index is 1.92. The van der Waals surface area contributed by atoms with Crippen LogP contribution in [0.1, 0.15) is 5.69 Å². The first-order valence-corrected chi connectivity index (χ1v) is 6.64. The van der Waals surface area contributed by atoms with E-state index in [2.05, 4.69) is 25.9 Å². The summed E-state index contributed by atoms with van der Waals surface area (Å²) < 4.78 is 0.990. The quantitative estimate of drug-likeness (QED) is 0.837. The Morgan fingerprint density at radius 2 is 2.43 bits per heavy atom. The molecular weight excluding hydrogens is 236 g/mol. The molecule has 0 fully saturated rings. The first-order chi connectivity index (χ1) is 6.88. The highest BCUT2D eigenvalue weighted by atomic mass is 32.2. The molecule has 74 valence electrons. The highest BCUT2D eigenvalue weighted by molar-refractivity contribution is 8.00. The van der Waals surface area contributed by atoms with Crippen molar-refractivity contribution in [2.45, 2.75) is 10.1 Å². The van der Waals surface area contributed by atoms with Crippen LogP contribution in [0.4, 0.5) is 5.13 Å². The average Bonchev–Trinajstić information content (AvgIpc) is 2.86. The molecule has 2 aromatic rings. The van der Waals surface area contributed by atoms with Gasteiger partial charge < -0.3 is 5.32 Å². The van der Waals surface area contributed by atoms with Crippen LogP contribution in [-0.2, 0) is 5.75 Å². The van der Waals surface area contributed by atoms with E-state index < -0.39 is 0 Å². The van der Waals surface area contributed by atoms with Crippen molar-refractivity contribution >= 4 is 39.6 Å². The van der Waals surface area contributed by atoms with Crippen LogP contribution in [0.2, 0.25) is 0 Å². The zero-order valence-corrected chi connectivity index (χ0v) is 9.88. The topological polar surface area (TPSA) is 50.7 Å². The summed E-state index contributed by atoms with van der Waals surface area (Å²) in [5.74, 6) is 0.855. The molecule has 2 heterocycles. The molecule has 0 aromatic carbocycles. The Labute approximate surface area is 93.8 Å². The molecule has 14 heavy (non-hydrogen) atoms. The predicted octanol–water partition coefficient (Wildman–Crippen LogP) is 2.33. The Morgan fingerprint density at radius 1 is 1.50 bits per heavy atom. The van der Waals surface area contributed by atoms with Gasteiger partial charge in [-0.3, -0.25) is 0 Å². The third-order valence-electron chi connectivity index (χ3n) is 1.45. The minimum absolute atomic E-state index is 0.855. The number of aromatic nitrogens is 3. The monoisotopic (exact) mass is 244 g/mol. The Hall–Kier alpha value is -0.660. The maximum atomic E-state index is 4.37. The van der Waals surface area contributed by atoms with Crippen molar-refractivity contribution < 1.29 is 0 Å². The Bertz CT molecular complexity index is 383. The summed E-state index contributed by atoms with van der Waals surface area (Å²) in [7, 11) is 1.88. The van der Waals surface area contributed by atoms with E-state index in [9.17, 15) is 0 Å². The van der Waals surface area contributed by atoms with Gasteiger partial charge in [-0.05, 0) is 0 Å². The highest BCUT2D eigenvalue weighted by Gasteiger charge is 2.02. The van der Waals surface area contributed by atoms with E-state index in [1.165, 1.54) is 0 Å². The second-order valence-electron chi connectivity index (χ2n) is 2.39. The molecule has 0 bridgehead atoms. The van der Waals surface area contributed by atoms with Crippen molar-refractivity contribution in [3.63, 3.8) is 0 Å². The van der Waals surface area contributed by atoms with Gasteiger partial charge in [0.15, 0.2) is 9.47 Å². The van der Waals surface area contributed by atoms with Gasteiger partial charge in [0.05, 0.1) is 5.69 Å². The van der Waals surface area contributed by atoms with Crippen LogP contribution in [0.3, 0.4) is 0 Å². The third kappa shape index (κ3) is 2.43. The number of hydrogen-bond donors (Lipinski definition) is 1. The van der Waals surface area contributed by atoms with Crippen LogP contribution in [0, 0.1) is 0 Å². The van der Waals surface area contributed by atoms with Crippen molar-refractivity contribution in [2.24, 2.45) is 0 Å². The van der Waals surface area contributed by atoms with Crippen LogP contribution < -0.4 is 5.32 Å². The molecule has 2 rings (SSSR count). The molecule has 0 saturated carbocycles. The van der Waals surface area contributed by atoms with Gasteiger partial charge in [0.25, 0.3) is 0 Å². The first-order valence-electron chi connectivity index (χ1n) is 3.89. The molecule has 0 unspecified atom stereocenters. The molecule has 0 aliphatic heterocycles. The van der Waals surface area contributed by atoms with Gasteiger partial charge in [0.1, 0.15) is 5.51 Å². The van der Waals surface area contributed by atoms with Crippen LogP contribution in [0.25, 0.3) is 0 Å². The van der Waals surface area contributed by atoms with Crippen LogP contribution in [0.15, 0.2) is 15.2 Å². The smallest absolute Gasteiger partial charge is 0.182 e. The van der Waals surface area contributed by atoms with Gasteiger partial charge in [-0.15, -0.1) is 21.5 Å². The Morgan fingerprint density at radius 3 is 3.07 bits per heavy atom. The van der Waals surface area contributed by atoms with Crippen molar-refractivity contribution in [1.29, 1.82) is 0 Å². The van der Waals surface area contributed by atoms with Crippen molar-refractivity contribution in [3.8, 4) is 0 Å². The molecule has 0 atom stereocenters. The van der Waals surface area contributed by atoms with Crippen molar-refractivity contribution in [1.82, 2.24) is 15.2 Å². The summed E-state index contributed by atoms with van der Waals surface area (Å²) in [5, 5.41) is 13.7. The zero-order chi connectivity index (χ0) is 9.80. The van der Waals surface area contributed by atoms with Crippen molar-refractivity contribution in [3.05, 3.63) is 16.6 Å². The van der Waals surface area contributed by atoms with Gasteiger partial charge >= 0.3 is 0 Å². The number of thioether (sulfide) groups is 1. The predicted molar refractivity (Wildman–Crippen MR) is 61.1 cm³/mol. The molecule has 0 saturated heterocycles. The number of nitrogens with one attached hydrogen (secondary N) is 1. The lowest BCUT2D eigenvalue weighted by molar-refractivity contribution is 1.01. The number of thiazole rings is 1. The second-order valence-corrected chi connectivity index (χ2v) is 5.30. The lowest BCUT2D eigenvalue weighted by atomic mass is 10.6. The number of rotatable bonds is 4. The maximum absolute atomic E-state index is 4.37. The zero-order valence-electron chi connectivity index (χ0n) is 7.43. The Kier molecular flexibility index (Phi) is 3.33. The largest absolute Gasteiger partial charge is 0.365 e. The van der Waals surface area contributed by atoms with Gasteiger partial charge in [0, 0.05) is 18.2 Å². The molecule has 0 amide bonds. The van der Waals surface area contributed by atoms with E-state index in [0.717, 1.165) is 20.9 Å².